The Hall–Kier alpha value is -0.123. The summed E-state index contributed by atoms with van der Waals surface area (Å²) in [5.74, 6) is 0. The molecule has 0 aliphatic rings. The van der Waals surface area contributed by atoms with E-state index < -0.39 is 8.56 Å². The third kappa shape index (κ3) is 13.2. The molecule has 0 N–H and O–H groups in total. The van der Waals surface area contributed by atoms with Crippen LogP contribution in [0.5, 0.6) is 0 Å². The van der Waals surface area contributed by atoms with Crippen molar-refractivity contribution in [3.05, 3.63) is 12.7 Å². The van der Waals surface area contributed by atoms with Crippen LogP contribution in [0.25, 0.3) is 0 Å². The van der Waals surface area contributed by atoms with Crippen molar-refractivity contribution >= 4 is 8.56 Å². The van der Waals surface area contributed by atoms with Gasteiger partial charge >= 0.3 is 8.56 Å². The fourth-order valence-electron chi connectivity index (χ4n) is 4.59. The van der Waals surface area contributed by atoms with Crippen LogP contribution < -0.4 is 0 Å². The summed E-state index contributed by atoms with van der Waals surface area (Å²) in [6.07, 6.45) is 21.7. The average Bonchev–Trinajstić information content (AvgIpc) is 2.79. The highest BCUT2D eigenvalue weighted by Gasteiger charge is 2.45. The van der Waals surface area contributed by atoms with Gasteiger partial charge in [-0.3, -0.25) is 0 Å². The molecule has 0 amide bonds. The second kappa shape index (κ2) is 19.4. The molecule has 0 aliphatic carbocycles. The molecule has 2 nitrogen and oxygen atoms in total. The molecular formula is C28H58O2Si. The molecule has 31 heavy (non-hydrogen) atoms. The normalized spacial score (nSPS) is 13.5. The molecule has 0 rings (SSSR count). The Labute approximate surface area is 198 Å². The first-order valence-electron chi connectivity index (χ1n) is 14.0. The number of rotatable bonds is 23. The smallest absolute Gasteiger partial charge is 0.339 e. The summed E-state index contributed by atoms with van der Waals surface area (Å²) >= 11 is 0. The van der Waals surface area contributed by atoms with Crippen molar-refractivity contribution in [2.75, 3.05) is 0 Å². The van der Waals surface area contributed by atoms with Gasteiger partial charge in [-0.25, -0.2) is 0 Å². The maximum Gasteiger partial charge on any atom is 0.339 e. The lowest BCUT2D eigenvalue weighted by Gasteiger charge is -2.45. The maximum atomic E-state index is 7.52. The lowest BCUT2D eigenvalue weighted by atomic mass is 9.86. The van der Waals surface area contributed by atoms with E-state index in [1.54, 1.807) is 0 Å². The zero-order valence-corrected chi connectivity index (χ0v) is 23.4. The van der Waals surface area contributed by atoms with Crippen LogP contribution in [0.1, 0.15) is 144 Å². The number of unbranched alkanes of at least 4 members (excludes halogenated alkanes) is 6. The zero-order valence-electron chi connectivity index (χ0n) is 22.4. The van der Waals surface area contributed by atoms with Gasteiger partial charge in [0.1, 0.15) is 0 Å². The molecule has 0 radical (unpaired) electrons. The molecule has 1 unspecified atom stereocenters. The second-order valence-electron chi connectivity index (χ2n) is 9.75. The van der Waals surface area contributed by atoms with Crippen LogP contribution in [-0.2, 0) is 8.85 Å². The lowest BCUT2D eigenvalue weighted by Crippen LogP contribution is -2.52. The van der Waals surface area contributed by atoms with Crippen molar-refractivity contribution in [1.82, 2.24) is 0 Å². The van der Waals surface area contributed by atoms with Gasteiger partial charge < -0.3 is 8.85 Å². The highest BCUT2D eigenvalue weighted by molar-refractivity contribution is 6.67. The molecule has 0 aromatic heterocycles. The van der Waals surface area contributed by atoms with Gasteiger partial charge in [-0.05, 0) is 37.8 Å². The molecule has 0 aliphatic heterocycles. The Morgan fingerprint density at radius 1 is 0.677 bits per heavy atom. The molecule has 3 heteroatoms. The molecule has 0 saturated heterocycles. The minimum absolute atomic E-state index is 0.0201. The minimum Gasteiger partial charge on any atom is -0.388 e. The summed E-state index contributed by atoms with van der Waals surface area (Å²) < 4.78 is 14.6. The molecule has 0 spiro atoms. The summed E-state index contributed by atoms with van der Waals surface area (Å²) in [6, 6.07) is 2.29. The first kappa shape index (κ1) is 30.9. The number of hydrogen-bond acceptors (Lipinski definition) is 2. The van der Waals surface area contributed by atoms with E-state index >= 15 is 0 Å². The molecule has 186 valence electrons. The van der Waals surface area contributed by atoms with Crippen LogP contribution >= 0.6 is 0 Å². The second-order valence-corrected chi connectivity index (χ2v) is 13.0. The molecule has 0 aromatic rings. The van der Waals surface area contributed by atoms with Gasteiger partial charge in [-0.2, -0.15) is 0 Å². The SMILES string of the molecule is C=CC(CCCC)O[Si](CCCC)(CCCC)OC(CCCC)(CCCC)CCCC. The van der Waals surface area contributed by atoms with Crippen LogP contribution in [0.15, 0.2) is 12.7 Å². The zero-order chi connectivity index (χ0) is 23.4. The highest BCUT2D eigenvalue weighted by Crippen LogP contribution is 2.39. The van der Waals surface area contributed by atoms with Crippen molar-refractivity contribution in [3.63, 3.8) is 0 Å². The largest absolute Gasteiger partial charge is 0.388 e. The average molecular weight is 455 g/mol. The van der Waals surface area contributed by atoms with Gasteiger partial charge in [-0.15, -0.1) is 6.58 Å². The molecule has 0 bridgehead atoms. The van der Waals surface area contributed by atoms with Crippen LogP contribution in [0.3, 0.4) is 0 Å². The van der Waals surface area contributed by atoms with E-state index in [9.17, 15) is 0 Å². The van der Waals surface area contributed by atoms with Crippen molar-refractivity contribution in [2.24, 2.45) is 0 Å². The van der Waals surface area contributed by atoms with Gasteiger partial charge in [0.05, 0.1) is 11.7 Å². The predicted molar refractivity (Wildman–Crippen MR) is 142 cm³/mol. The van der Waals surface area contributed by atoms with Crippen LogP contribution in [0, 0.1) is 0 Å². The topological polar surface area (TPSA) is 18.5 Å². The number of hydrogen-bond donors (Lipinski definition) is 0. The van der Waals surface area contributed by atoms with Gasteiger partial charge in [0, 0.05) is 0 Å². The van der Waals surface area contributed by atoms with E-state index in [4.69, 9.17) is 8.85 Å². The first-order valence-corrected chi connectivity index (χ1v) is 16.2. The maximum absolute atomic E-state index is 7.52. The molecule has 1 atom stereocenters. The Morgan fingerprint density at radius 3 is 1.45 bits per heavy atom. The fourth-order valence-corrected chi connectivity index (χ4v) is 8.97. The van der Waals surface area contributed by atoms with Gasteiger partial charge in [0.2, 0.25) is 0 Å². The van der Waals surface area contributed by atoms with Crippen molar-refractivity contribution < 1.29 is 8.85 Å². The van der Waals surface area contributed by atoms with E-state index in [1.807, 2.05) is 0 Å². The highest BCUT2D eigenvalue weighted by atomic mass is 28.4. The third-order valence-corrected chi connectivity index (χ3v) is 10.4. The van der Waals surface area contributed by atoms with Gasteiger partial charge in [-0.1, -0.05) is 125 Å². The van der Waals surface area contributed by atoms with E-state index in [0.717, 1.165) is 18.5 Å². The van der Waals surface area contributed by atoms with Gasteiger partial charge in [0.15, 0.2) is 0 Å². The Morgan fingerprint density at radius 2 is 1.10 bits per heavy atom. The third-order valence-electron chi connectivity index (χ3n) is 6.65. The first-order chi connectivity index (χ1) is 15.0. The Balaban J connectivity index is 6.03. The molecule has 0 aromatic carbocycles. The summed E-state index contributed by atoms with van der Waals surface area (Å²) in [7, 11) is -2.33. The molecule has 0 heterocycles. The monoisotopic (exact) mass is 454 g/mol. The van der Waals surface area contributed by atoms with Crippen molar-refractivity contribution in [3.8, 4) is 0 Å². The molecular weight excluding hydrogens is 396 g/mol. The van der Waals surface area contributed by atoms with Crippen molar-refractivity contribution in [1.29, 1.82) is 0 Å². The molecule has 0 fully saturated rings. The summed E-state index contributed by atoms with van der Waals surface area (Å²) in [5, 5.41) is 0. The van der Waals surface area contributed by atoms with E-state index in [0.29, 0.717) is 0 Å². The van der Waals surface area contributed by atoms with Gasteiger partial charge in [0.25, 0.3) is 0 Å². The van der Waals surface area contributed by atoms with E-state index in [-0.39, 0.29) is 11.7 Å². The Kier molecular flexibility index (Phi) is 19.3. The minimum atomic E-state index is -2.33. The summed E-state index contributed by atoms with van der Waals surface area (Å²) in [6.45, 7) is 18.0. The molecule has 0 saturated carbocycles. The summed E-state index contributed by atoms with van der Waals surface area (Å²) in [5.41, 5.74) is 0.0201. The quantitative estimate of drug-likeness (QED) is 0.113. The van der Waals surface area contributed by atoms with Crippen molar-refractivity contribution in [2.45, 2.75) is 168 Å². The van der Waals surface area contributed by atoms with E-state index in [2.05, 4.69) is 54.2 Å². The van der Waals surface area contributed by atoms with Crippen LogP contribution in [-0.4, -0.2) is 20.3 Å². The predicted octanol–water partition coefficient (Wildman–Crippen LogP) is 10.1. The Bertz CT molecular complexity index is 380. The summed E-state index contributed by atoms with van der Waals surface area (Å²) in [4.78, 5) is 0. The fraction of sp³-hybridized carbons (Fsp3) is 0.929. The lowest BCUT2D eigenvalue weighted by molar-refractivity contribution is -0.0149. The van der Waals surface area contributed by atoms with Crippen LogP contribution in [0.2, 0.25) is 12.1 Å². The van der Waals surface area contributed by atoms with Crippen LogP contribution in [0.4, 0.5) is 0 Å². The standard InChI is InChI=1S/C28H58O2Si/c1-8-15-21-27(14-7)29-31(25-19-12-5,26-20-13-6)30-28(22-16-9-2,23-17-10-3)24-18-11-4/h14,27H,7-13,15-26H2,1-6H3. The van der Waals surface area contributed by atoms with E-state index in [1.165, 1.54) is 96.3 Å².